The standard InChI is InChI=1S/C20H42O4S.K/c1-2-3-4-5-6-7-8-9-10-11-12-13-14-15-16-17-18-19-20-24-25(21,22)23;/h2-20H2,1H3,(H,21,22,23);/q;+1. The van der Waals surface area contributed by atoms with Gasteiger partial charge in [0.1, 0.15) is 0 Å². The molecule has 0 aliphatic heterocycles. The first kappa shape index (κ1) is 29.7. The molecule has 0 bridgehead atoms. The molecule has 0 aliphatic carbocycles. The van der Waals surface area contributed by atoms with Gasteiger partial charge in [-0.1, -0.05) is 116 Å². The molecule has 0 aliphatic rings. The molecular weight excluding hydrogens is 375 g/mol. The third-order valence-electron chi connectivity index (χ3n) is 4.73. The van der Waals surface area contributed by atoms with Gasteiger partial charge in [0.25, 0.3) is 0 Å². The van der Waals surface area contributed by atoms with Gasteiger partial charge < -0.3 is 0 Å². The number of unbranched alkanes of at least 4 members (excludes halogenated alkanes) is 17. The molecule has 0 spiro atoms. The third kappa shape index (κ3) is 27.7. The first-order valence-corrected chi connectivity index (χ1v) is 12.0. The van der Waals surface area contributed by atoms with Gasteiger partial charge in [0, 0.05) is 0 Å². The minimum atomic E-state index is -4.25. The Morgan fingerprint density at radius 1 is 0.577 bits per heavy atom. The van der Waals surface area contributed by atoms with E-state index < -0.39 is 10.4 Å². The molecule has 0 saturated carbocycles. The fourth-order valence-corrected chi connectivity index (χ4v) is 3.50. The number of hydrogen-bond donors (Lipinski definition) is 1. The molecule has 0 atom stereocenters. The summed E-state index contributed by atoms with van der Waals surface area (Å²) in [6.45, 7) is 2.37. The fourth-order valence-electron chi connectivity index (χ4n) is 3.17. The maximum Gasteiger partial charge on any atom is 1.00 e. The second-order valence-electron chi connectivity index (χ2n) is 7.26. The van der Waals surface area contributed by atoms with Gasteiger partial charge in [-0.05, 0) is 6.42 Å². The molecule has 6 heteroatoms. The predicted octanol–water partition coefficient (Wildman–Crippen LogP) is 3.85. The Hall–Kier alpha value is 1.51. The molecule has 26 heavy (non-hydrogen) atoms. The normalized spacial score (nSPS) is 11.5. The van der Waals surface area contributed by atoms with Crippen molar-refractivity contribution in [3.8, 4) is 0 Å². The van der Waals surface area contributed by atoms with Gasteiger partial charge in [0.05, 0.1) is 6.61 Å². The molecule has 0 rings (SSSR count). The molecule has 0 fully saturated rings. The number of hydrogen-bond acceptors (Lipinski definition) is 3. The van der Waals surface area contributed by atoms with Crippen LogP contribution in [0.25, 0.3) is 0 Å². The summed E-state index contributed by atoms with van der Waals surface area (Å²) in [6.07, 6.45) is 23.4. The van der Waals surface area contributed by atoms with Crippen LogP contribution in [0.5, 0.6) is 0 Å². The van der Waals surface area contributed by atoms with Crippen molar-refractivity contribution < 1.29 is 68.5 Å². The van der Waals surface area contributed by atoms with Gasteiger partial charge in [0.15, 0.2) is 0 Å². The van der Waals surface area contributed by atoms with E-state index in [0.717, 1.165) is 12.8 Å². The monoisotopic (exact) mass is 417 g/mol. The fraction of sp³-hybridized carbons (Fsp3) is 1.00. The van der Waals surface area contributed by atoms with E-state index in [-0.39, 0.29) is 58.0 Å². The second-order valence-corrected chi connectivity index (χ2v) is 8.35. The van der Waals surface area contributed by atoms with Crippen LogP contribution in [0, 0.1) is 0 Å². The van der Waals surface area contributed by atoms with Crippen molar-refractivity contribution in [2.75, 3.05) is 6.61 Å². The maximum atomic E-state index is 10.3. The molecule has 0 saturated heterocycles. The minimum Gasteiger partial charge on any atom is -0.264 e. The number of rotatable bonds is 20. The van der Waals surface area contributed by atoms with E-state index in [1.54, 1.807) is 0 Å². The van der Waals surface area contributed by atoms with Crippen molar-refractivity contribution in [3.63, 3.8) is 0 Å². The van der Waals surface area contributed by atoms with Crippen LogP contribution in [-0.2, 0) is 14.6 Å². The smallest absolute Gasteiger partial charge is 0.264 e. The van der Waals surface area contributed by atoms with Crippen LogP contribution in [-0.4, -0.2) is 19.6 Å². The summed E-state index contributed by atoms with van der Waals surface area (Å²) in [4.78, 5) is 0. The van der Waals surface area contributed by atoms with Crippen molar-refractivity contribution >= 4 is 10.4 Å². The van der Waals surface area contributed by atoms with Crippen LogP contribution in [0.15, 0.2) is 0 Å². The van der Waals surface area contributed by atoms with Crippen LogP contribution in [0.3, 0.4) is 0 Å². The van der Waals surface area contributed by atoms with E-state index in [9.17, 15) is 8.42 Å². The first-order chi connectivity index (χ1) is 12.1. The summed E-state index contributed by atoms with van der Waals surface area (Å²) in [7, 11) is -4.25. The molecule has 4 nitrogen and oxygen atoms in total. The topological polar surface area (TPSA) is 63.6 Å². The largest absolute Gasteiger partial charge is 1.00 e. The minimum absolute atomic E-state index is 0. The van der Waals surface area contributed by atoms with Crippen LogP contribution >= 0.6 is 0 Å². The summed E-state index contributed by atoms with van der Waals surface area (Å²) >= 11 is 0. The summed E-state index contributed by atoms with van der Waals surface area (Å²) in [5.41, 5.74) is 0. The van der Waals surface area contributed by atoms with Crippen molar-refractivity contribution in [3.05, 3.63) is 0 Å². The quantitative estimate of drug-likeness (QED) is 0.186. The molecular formula is C20H42KO4S+. The Bertz CT molecular complexity index is 361. The van der Waals surface area contributed by atoms with Gasteiger partial charge in [-0.2, -0.15) is 8.42 Å². The second kappa shape index (κ2) is 22.8. The zero-order valence-electron chi connectivity index (χ0n) is 17.5. The zero-order chi connectivity index (χ0) is 18.6. The van der Waals surface area contributed by atoms with Gasteiger partial charge >= 0.3 is 61.8 Å². The van der Waals surface area contributed by atoms with Crippen molar-refractivity contribution in [2.24, 2.45) is 0 Å². The van der Waals surface area contributed by atoms with E-state index in [2.05, 4.69) is 11.1 Å². The molecule has 0 radical (unpaired) electrons. The zero-order valence-corrected chi connectivity index (χ0v) is 21.5. The summed E-state index contributed by atoms with van der Waals surface area (Å²) in [5, 5.41) is 0. The molecule has 1 N–H and O–H groups in total. The molecule has 0 aromatic carbocycles. The molecule has 0 amide bonds. The SMILES string of the molecule is CCCCCCCCCCCCCCCCCCCCOS(=O)(=O)O.[K+]. The maximum absolute atomic E-state index is 10.3. The Kier molecular flexibility index (Phi) is 26.0. The molecule has 0 heterocycles. The summed E-state index contributed by atoms with van der Waals surface area (Å²) in [6, 6.07) is 0. The van der Waals surface area contributed by atoms with E-state index >= 15 is 0 Å². The Morgan fingerprint density at radius 2 is 0.846 bits per heavy atom. The Morgan fingerprint density at radius 3 is 1.12 bits per heavy atom. The third-order valence-corrected chi connectivity index (χ3v) is 5.19. The first-order valence-electron chi connectivity index (χ1n) is 10.7. The summed E-state index contributed by atoms with van der Waals surface area (Å²) < 4.78 is 33.4. The molecule has 152 valence electrons. The average molecular weight is 418 g/mol. The summed E-state index contributed by atoms with van der Waals surface area (Å²) in [5.74, 6) is 0. The molecule has 0 aromatic heterocycles. The predicted molar refractivity (Wildman–Crippen MR) is 106 cm³/mol. The van der Waals surface area contributed by atoms with Crippen molar-refractivity contribution in [1.29, 1.82) is 0 Å². The van der Waals surface area contributed by atoms with Crippen LogP contribution in [0.4, 0.5) is 0 Å². The van der Waals surface area contributed by atoms with Crippen LogP contribution in [0.2, 0.25) is 0 Å². The van der Waals surface area contributed by atoms with E-state index in [0.29, 0.717) is 6.42 Å². The van der Waals surface area contributed by atoms with Gasteiger partial charge in [-0.3, -0.25) is 4.55 Å². The Balaban J connectivity index is 0. The Labute approximate surface area is 206 Å². The van der Waals surface area contributed by atoms with Crippen LogP contribution < -0.4 is 51.4 Å². The molecule has 0 unspecified atom stereocenters. The van der Waals surface area contributed by atoms with Crippen molar-refractivity contribution in [1.82, 2.24) is 0 Å². The van der Waals surface area contributed by atoms with E-state index in [1.165, 1.54) is 96.3 Å². The van der Waals surface area contributed by atoms with Gasteiger partial charge in [-0.15, -0.1) is 0 Å². The van der Waals surface area contributed by atoms with Gasteiger partial charge in [0.2, 0.25) is 0 Å². The molecule has 0 aromatic rings. The van der Waals surface area contributed by atoms with E-state index in [4.69, 9.17) is 4.55 Å². The average Bonchev–Trinajstić information content (AvgIpc) is 2.56. The van der Waals surface area contributed by atoms with Gasteiger partial charge in [-0.25, -0.2) is 4.18 Å². The van der Waals surface area contributed by atoms with E-state index in [1.807, 2.05) is 0 Å². The van der Waals surface area contributed by atoms with Crippen molar-refractivity contribution in [2.45, 2.75) is 122 Å². The van der Waals surface area contributed by atoms with Crippen LogP contribution in [0.1, 0.15) is 122 Å².